The Kier molecular flexibility index (Phi) is 6.70. The van der Waals surface area contributed by atoms with Gasteiger partial charge in [-0.15, -0.1) is 0 Å². The highest BCUT2D eigenvalue weighted by molar-refractivity contribution is 7.89. The first-order chi connectivity index (χ1) is 13.5. The van der Waals surface area contributed by atoms with Crippen molar-refractivity contribution < 1.29 is 22.7 Å². The fraction of sp³-hybridized carbons (Fsp3) is 0.381. The third-order valence-electron chi connectivity index (χ3n) is 4.71. The van der Waals surface area contributed by atoms with Gasteiger partial charge < -0.3 is 9.47 Å². The van der Waals surface area contributed by atoms with Gasteiger partial charge >= 0.3 is 5.97 Å². The van der Waals surface area contributed by atoms with Crippen LogP contribution in [0, 0.1) is 6.92 Å². The van der Waals surface area contributed by atoms with Gasteiger partial charge in [0.25, 0.3) is 0 Å². The maximum atomic E-state index is 13.0. The Morgan fingerprint density at radius 1 is 0.964 bits per heavy atom. The summed E-state index contributed by atoms with van der Waals surface area (Å²) < 4.78 is 38.2. The van der Waals surface area contributed by atoms with Crippen molar-refractivity contribution in [3.63, 3.8) is 0 Å². The van der Waals surface area contributed by atoms with Crippen LogP contribution in [0.5, 0.6) is 5.75 Å². The zero-order chi connectivity index (χ0) is 20.0. The molecule has 0 aliphatic carbocycles. The molecule has 0 amide bonds. The molecule has 0 unspecified atom stereocenters. The molecule has 0 aromatic heterocycles. The summed E-state index contributed by atoms with van der Waals surface area (Å²) in [6, 6.07) is 13.8. The third-order valence-corrected chi connectivity index (χ3v) is 6.66. The van der Waals surface area contributed by atoms with E-state index in [-0.39, 0.29) is 23.7 Å². The van der Waals surface area contributed by atoms with E-state index in [1.165, 1.54) is 16.4 Å². The Bertz CT molecular complexity index is 920. The summed E-state index contributed by atoms with van der Waals surface area (Å²) in [5.74, 6) is 0.0659. The van der Waals surface area contributed by atoms with Crippen LogP contribution in [0.2, 0.25) is 0 Å². The monoisotopic (exact) mass is 403 g/mol. The van der Waals surface area contributed by atoms with E-state index < -0.39 is 16.0 Å². The molecule has 0 bridgehead atoms. The number of benzene rings is 2. The number of para-hydroxylation sites is 1. The number of ether oxygens (including phenoxy) is 2. The summed E-state index contributed by atoms with van der Waals surface area (Å²) in [7, 11) is -3.72. The standard InChI is InChI=1S/C21H25NO5S/c1-17-9-3-5-11-19(17)26-15-16-27-21(23)18-10-4-6-12-20(18)28(24,25)22-13-7-2-8-14-22/h3-6,9-12H,2,7-8,13-16H2,1H3. The SMILES string of the molecule is Cc1ccccc1OCCOC(=O)c1ccccc1S(=O)(=O)N1CCCCC1. The van der Waals surface area contributed by atoms with Crippen LogP contribution in [0.1, 0.15) is 35.2 Å². The van der Waals surface area contributed by atoms with Crippen LogP contribution < -0.4 is 4.74 Å². The average Bonchev–Trinajstić information content (AvgIpc) is 2.73. The highest BCUT2D eigenvalue weighted by atomic mass is 32.2. The first-order valence-electron chi connectivity index (χ1n) is 9.45. The van der Waals surface area contributed by atoms with Crippen molar-refractivity contribution in [3.8, 4) is 5.75 Å². The van der Waals surface area contributed by atoms with Crippen LogP contribution in [0.25, 0.3) is 0 Å². The molecule has 1 aliphatic heterocycles. The zero-order valence-corrected chi connectivity index (χ0v) is 16.8. The fourth-order valence-electron chi connectivity index (χ4n) is 3.19. The van der Waals surface area contributed by atoms with Crippen molar-refractivity contribution in [1.82, 2.24) is 4.31 Å². The molecule has 0 saturated carbocycles. The molecule has 150 valence electrons. The van der Waals surface area contributed by atoms with Gasteiger partial charge in [-0.1, -0.05) is 36.8 Å². The number of carbonyl (C=O) groups excluding carboxylic acids is 1. The molecule has 0 radical (unpaired) electrons. The molecule has 0 spiro atoms. The van der Waals surface area contributed by atoms with Crippen molar-refractivity contribution in [2.45, 2.75) is 31.1 Å². The molecule has 3 rings (SSSR count). The van der Waals surface area contributed by atoms with Gasteiger partial charge in [0, 0.05) is 13.1 Å². The number of hydrogen-bond donors (Lipinski definition) is 0. The molecule has 6 nitrogen and oxygen atoms in total. The lowest BCUT2D eigenvalue weighted by molar-refractivity contribution is 0.0445. The first kappa shape index (κ1) is 20.4. The van der Waals surface area contributed by atoms with Crippen LogP contribution in [-0.4, -0.2) is 45.0 Å². The largest absolute Gasteiger partial charge is 0.490 e. The maximum absolute atomic E-state index is 13.0. The fourth-order valence-corrected chi connectivity index (χ4v) is 4.88. The van der Waals surface area contributed by atoms with Crippen molar-refractivity contribution in [1.29, 1.82) is 0 Å². The number of rotatable bonds is 7. The number of esters is 1. The number of aryl methyl sites for hydroxylation is 1. The topological polar surface area (TPSA) is 72.9 Å². The van der Waals surface area contributed by atoms with Crippen LogP contribution in [0.15, 0.2) is 53.4 Å². The van der Waals surface area contributed by atoms with Gasteiger partial charge in [-0.2, -0.15) is 4.31 Å². The second-order valence-corrected chi connectivity index (χ2v) is 8.62. The van der Waals surface area contributed by atoms with Crippen LogP contribution in [0.3, 0.4) is 0 Å². The van der Waals surface area contributed by atoms with E-state index in [9.17, 15) is 13.2 Å². The Labute approximate surface area is 166 Å². The van der Waals surface area contributed by atoms with Crippen molar-refractivity contribution in [2.75, 3.05) is 26.3 Å². The first-order valence-corrected chi connectivity index (χ1v) is 10.9. The van der Waals surface area contributed by atoms with Gasteiger partial charge in [-0.05, 0) is 43.5 Å². The zero-order valence-electron chi connectivity index (χ0n) is 16.0. The minimum Gasteiger partial charge on any atom is -0.490 e. The summed E-state index contributed by atoms with van der Waals surface area (Å²) in [6.45, 7) is 3.12. The summed E-state index contributed by atoms with van der Waals surface area (Å²) in [4.78, 5) is 12.5. The molecule has 0 N–H and O–H groups in total. The lowest BCUT2D eigenvalue weighted by Crippen LogP contribution is -2.36. The van der Waals surface area contributed by atoms with Gasteiger partial charge in [0.2, 0.25) is 10.0 Å². The molecule has 28 heavy (non-hydrogen) atoms. The Hall–Kier alpha value is -2.38. The number of hydrogen-bond acceptors (Lipinski definition) is 5. The van der Waals surface area contributed by atoms with Crippen molar-refractivity contribution in [2.24, 2.45) is 0 Å². The molecule has 2 aromatic rings. The molecule has 7 heteroatoms. The van der Waals surface area contributed by atoms with Crippen molar-refractivity contribution in [3.05, 3.63) is 59.7 Å². The highest BCUT2D eigenvalue weighted by Gasteiger charge is 2.30. The Morgan fingerprint density at radius 2 is 1.64 bits per heavy atom. The average molecular weight is 404 g/mol. The van der Waals surface area contributed by atoms with E-state index in [4.69, 9.17) is 9.47 Å². The van der Waals surface area contributed by atoms with E-state index in [1.807, 2.05) is 31.2 Å². The van der Waals surface area contributed by atoms with E-state index in [1.54, 1.807) is 12.1 Å². The molecular formula is C21H25NO5S. The van der Waals surface area contributed by atoms with Gasteiger partial charge in [0.15, 0.2) is 0 Å². The van der Waals surface area contributed by atoms with E-state index in [2.05, 4.69) is 0 Å². The van der Waals surface area contributed by atoms with Gasteiger partial charge in [-0.25, -0.2) is 13.2 Å². The third kappa shape index (κ3) is 4.72. The predicted molar refractivity (Wildman–Crippen MR) is 106 cm³/mol. The van der Waals surface area contributed by atoms with Crippen LogP contribution in [0.4, 0.5) is 0 Å². The molecule has 1 fully saturated rings. The van der Waals surface area contributed by atoms with E-state index in [0.717, 1.165) is 30.6 Å². The van der Waals surface area contributed by atoms with Gasteiger partial charge in [-0.3, -0.25) is 0 Å². The number of sulfonamides is 1. The second kappa shape index (κ2) is 9.21. The number of piperidine rings is 1. The van der Waals surface area contributed by atoms with Crippen LogP contribution in [-0.2, 0) is 14.8 Å². The van der Waals surface area contributed by atoms with Crippen LogP contribution >= 0.6 is 0 Å². The van der Waals surface area contributed by atoms with E-state index in [0.29, 0.717) is 13.1 Å². The minimum atomic E-state index is -3.72. The maximum Gasteiger partial charge on any atom is 0.339 e. The normalized spacial score (nSPS) is 15.2. The van der Waals surface area contributed by atoms with Gasteiger partial charge in [0.1, 0.15) is 19.0 Å². The number of carbonyl (C=O) groups is 1. The smallest absolute Gasteiger partial charge is 0.339 e. The predicted octanol–water partition coefficient (Wildman–Crippen LogP) is 3.41. The molecule has 0 atom stereocenters. The molecule has 2 aromatic carbocycles. The summed E-state index contributed by atoms with van der Waals surface area (Å²) in [5, 5.41) is 0. The molecule has 1 heterocycles. The summed E-state index contributed by atoms with van der Waals surface area (Å²) in [5.41, 5.74) is 1.05. The summed E-state index contributed by atoms with van der Waals surface area (Å²) in [6.07, 6.45) is 2.70. The highest BCUT2D eigenvalue weighted by Crippen LogP contribution is 2.24. The minimum absolute atomic E-state index is 0.00159. The lowest BCUT2D eigenvalue weighted by Gasteiger charge is -2.26. The second-order valence-electron chi connectivity index (χ2n) is 6.71. The summed E-state index contributed by atoms with van der Waals surface area (Å²) >= 11 is 0. The van der Waals surface area contributed by atoms with Crippen molar-refractivity contribution >= 4 is 16.0 Å². The molecule has 1 saturated heterocycles. The number of nitrogens with zero attached hydrogens (tertiary/aromatic N) is 1. The quantitative estimate of drug-likeness (QED) is 0.523. The lowest BCUT2D eigenvalue weighted by atomic mass is 10.2. The molecule has 1 aliphatic rings. The van der Waals surface area contributed by atoms with Gasteiger partial charge in [0.05, 0.1) is 10.5 Å². The van der Waals surface area contributed by atoms with E-state index >= 15 is 0 Å². The Morgan fingerprint density at radius 3 is 2.39 bits per heavy atom. The molecular weight excluding hydrogens is 378 g/mol. The Balaban J connectivity index is 1.65.